The minimum atomic E-state index is 0.552. The lowest BCUT2D eigenvalue weighted by molar-refractivity contribution is 0.184. The van der Waals surface area contributed by atoms with Gasteiger partial charge in [0, 0.05) is 13.7 Å². The molecule has 2 heterocycles. The van der Waals surface area contributed by atoms with E-state index in [9.17, 15) is 0 Å². The minimum absolute atomic E-state index is 0.552. The Morgan fingerprint density at radius 3 is 2.72 bits per heavy atom. The summed E-state index contributed by atoms with van der Waals surface area (Å²) in [6, 6.07) is 0. The van der Waals surface area contributed by atoms with E-state index >= 15 is 0 Å². The topological polar surface area (TPSA) is 59.9 Å². The molecule has 0 spiro atoms. The molecule has 2 aromatic rings. The van der Waals surface area contributed by atoms with E-state index in [1.54, 1.807) is 29.8 Å². The summed E-state index contributed by atoms with van der Waals surface area (Å²) in [5.41, 5.74) is 1.08. The van der Waals surface area contributed by atoms with E-state index in [0.29, 0.717) is 6.61 Å². The SMILES string of the molecule is CCNc1nnc(-c2sc(COC)nc2CC)s1. The predicted molar refractivity (Wildman–Crippen MR) is 75.3 cm³/mol. The second kappa shape index (κ2) is 6.21. The number of ether oxygens (including phenoxy) is 1. The Bertz CT molecular complexity index is 509. The highest BCUT2D eigenvalue weighted by Crippen LogP contribution is 2.34. The van der Waals surface area contributed by atoms with Crippen molar-refractivity contribution in [2.24, 2.45) is 0 Å². The number of thiazole rings is 1. The zero-order valence-electron chi connectivity index (χ0n) is 10.7. The monoisotopic (exact) mass is 284 g/mol. The third kappa shape index (κ3) is 2.85. The van der Waals surface area contributed by atoms with Gasteiger partial charge in [0.05, 0.1) is 17.2 Å². The van der Waals surface area contributed by atoms with Crippen molar-refractivity contribution >= 4 is 27.8 Å². The average molecular weight is 284 g/mol. The number of rotatable bonds is 6. The van der Waals surface area contributed by atoms with Crippen molar-refractivity contribution in [2.45, 2.75) is 26.9 Å². The molecule has 0 aliphatic heterocycles. The van der Waals surface area contributed by atoms with E-state index in [1.807, 2.05) is 6.92 Å². The Morgan fingerprint density at radius 2 is 2.06 bits per heavy atom. The molecule has 2 rings (SSSR count). The fourth-order valence-electron chi connectivity index (χ4n) is 1.53. The third-order valence-corrected chi connectivity index (χ3v) is 4.40. The average Bonchev–Trinajstić information content (AvgIpc) is 2.96. The molecule has 0 unspecified atom stereocenters. The van der Waals surface area contributed by atoms with Gasteiger partial charge in [-0.3, -0.25) is 0 Å². The molecule has 0 bridgehead atoms. The van der Waals surface area contributed by atoms with Gasteiger partial charge in [-0.25, -0.2) is 4.98 Å². The summed E-state index contributed by atoms with van der Waals surface area (Å²) in [5.74, 6) is 0. The summed E-state index contributed by atoms with van der Waals surface area (Å²) in [6.45, 7) is 5.55. The molecular formula is C11H16N4OS2. The van der Waals surface area contributed by atoms with Gasteiger partial charge >= 0.3 is 0 Å². The molecule has 18 heavy (non-hydrogen) atoms. The molecule has 2 aromatic heterocycles. The van der Waals surface area contributed by atoms with E-state index in [0.717, 1.165) is 38.7 Å². The minimum Gasteiger partial charge on any atom is -0.378 e. The van der Waals surface area contributed by atoms with Crippen LogP contribution in [-0.4, -0.2) is 28.8 Å². The Hall–Kier alpha value is -1.05. The van der Waals surface area contributed by atoms with Crippen molar-refractivity contribution in [3.05, 3.63) is 10.7 Å². The molecule has 7 heteroatoms. The Morgan fingerprint density at radius 1 is 1.22 bits per heavy atom. The number of nitrogens with one attached hydrogen (secondary N) is 1. The first-order chi connectivity index (χ1) is 8.78. The Balaban J connectivity index is 2.29. The van der Waals surface area contributed by atoms with Crippen LogP contribution in [-0.2, 0) is 17.8 Å². The number of nitrogens with zero attached hydrogens (tertiary/aromatic N) is 3. The van der Waals surface area contributed by atoms with E-state index in [2.05, 4.69) is 27.4 Å². The van der Waals surface area contributed by atoms with Gasteiger partial charge in [0.25, 0.3) is 0 Å². The second-order valence-corrected chi connectivity index (χ2v) is 5.67. The molecule has 1 N–H and O–H groups in total. The fourth-order valence-corrected chi connectivity index (χ4v) is 3.56. The highest BCUT2D eigenvalue weighted by Gasteiger charge is 2.15. The maximum absolute atomic E-state index is 5.12. The quantitative estimate of drug-likeness (QED) is 0.884. The largest absolute Gasteiger partial charge is 0.378 e. The highest BCUT2D eigenvalue weighted by molar-refractivity contribution is 7.23. The van der Waals surface area contributed by atoms with Crippen LogP contribution in [0.2, 0.25) is 0 Å². The Kier molecular flexibility index (Phi) is 4.62. The first kappa shape index (κ1) is 13.4. The van der Waals surface area contributed by atoms with Crippen LogP contribution in [0.15, 0.2) is 0 Å². The molecule has 98 valence electrons. The molecule has 0 radical (unpaired) electrons. The van der Waals surface area contributed by atoms with Crippen LogP contribution >= 0.6 is 22.7 Å². The van der Waals surface area contributed by atoms with Gasteiger partial charge in [0.1, 0.15) is 5.01 Å². The van der Waals surface area contributed by atoms with E-state index in [1.165, 1.54) is 0 Å². The summed E-state index contributed by atoms with van der Waals surface area (Å²) in [4.78, 5) is 5.68. The molecule has 5 nitrogen and oxygen atoms in total. The van der Waals surface area contributed by atoms with E-state index in [4.69, 9.17) is 4.74 Å². The summed E-state index contributed by atoms with van der Waals surface area (Å²) < 4.78 is 5.12. The van der Waals surface area contributed by atoms with Gasteiger partial charge in [-0.05, 0) is 13.3 Å². The van der Waals surface area contributed by atoms with Crippen molar-refractivity contribution in [3.63, 3.8) is 0 Å². The van der Waals surface area contributed by atoms with E-state index < -0.39 is 0 Å². The van der Waals surface area contributed by atoms with Crippen LogP contribution in [0, 0.1) is 0 Å². The zero-order chi connectivity index (χ0) is 13.0. The van der Waals surface area contributed by atoms with Crippen LogP contribution < -0.4 is 5.32 Å². The van der Waals surface area contributed by atoms with Crippen LogP contribution in [0.5, 0.6) is 0 Å². The number of hydrogen-bond acceptors (Lipinski definition) is 7. The van der Waals surface area contributed by atoms with Crippen molar-refractivity contribution in [3.8, 4) is 9.88 Å². The third-order valence-electron chi connectivity index (χ3n) is 2.29. The second-order valence-electron chi connectivity index (χ2n) is 3.61. The maximum atomic E-state index is 5.12. The van der Waals surface area contributed by atoms with Gasteiger partial charge in [-0.1, -0.05) is 18.3 Å². The van der Waals surface area contributed by atoms with Gasteiger partial charge in [-0.2, -0.15) is 0 Å². The molecule has 0 aliphatic carbocycles. The molecule has 0 fully saturated rings. The molecule has 0 aromatic carbocycles. The number of hydrogen-bond donors (Lipinski definition) is 1. The first-order valence-electron chi connectivity index (χ1n) is 5.83. The highest BCUT2D eigenvalue weighted by atomic mass is 32.1. The van der Waals surface area contributed by atoms with Gasteiger partial charge in [0.15, 0.2) is 5.01 Å². The lowest BCUT2D eigenvalue weighted by Gasteiger charge is -1.93. The van der Waals surface area contributed by atoms with E-state index in [-0.39, 0.29) is 0 Å². The molecular weight excluding hydrogens is 268 g/mol. The smallest absolute Gasteiger partial charge is 0.206 e. The lowest BCUT2D eigenvalue weighted by Crippen LogP contribution is -1.94. The number of anilines is 1. The van der Waals surface area contributed by atoms with Crippen LogP contribution in [0.25, 0.3) is 9.88 Å². The first-order valence-corrected chi connectivity index (χ1v) is 7.47. The lowest BCUT2D eigenvalue weighted by atomic mass is 10.3. The van der Waals surface area contributed by atoms with Crippen molar-refractivity contribution in [1.82, 2.24) is 15.2 Å². The summed E-state index contributed by atoms with van der Waals surface area (Å²) >= 11 is 3.20. The molecule has 0 aliphatic rings. The van der Waals surface area contributed by atoms with Crippen LogP contribution in [0.3, 0.4) is 0 Å². The summed E-state index contributed by atoms with van der Waals surface area (Å²) in [5, 5.41) is 14.3. The standard InChI is InChI=1S/C11H16N4OS2/c1-4-7-9(17-8(13-7)6-16-3)10-14-15-11(18-10)12-5-2/h4-6H2,1-3H3,(H,12,15). The fraction of sp³-hybridized carbons (Fsp3) is 0.545. The van der Waals surface area contributed by atoms with Gasteiger partial charge < -0.3 is 10.1 Å². The molecule has 0 saturated carbocycles. The van der Waals surface area contributed by atoms with Crippen LogP contribution in [0.1, 0.15) is 24.5 Å². The van der Waals surface area contributed by atoms with Crippen molar-refractivity contribution < 1.29 is 4.74 Å². The number of methoxy groups -OCH3 is 1. The molecule has 0 atom stereocenters. The summed E-state index contributed by atoms with van der Waals surface area (Å²) in [6.07, 6.45) is 0.895. The number of aryl methyl sites for hydroxylation is 1. The van der Waals surface area contributed by atoms with Crippen molar-refractivity contribution in [1.29, 1.82) is 0 Å². The maximum Gasteiger partial charge on any atom is 0.206 e. The van der Waals surface area contributed by atoms with Crippen molar-refractivity contribution in [2.75, 3.05) is 19.0 Å². The Labute approximate surface area is 114 Å². The van der Waals surface area contributed by atoms with Gasteiger partial charge in [0.2, 0.25) is 5.13 Å². The van der Waals surface area contributed by atoms with Crippen LogP contribution in [0.4, 0.5) is 5.13 Å². The number of aromatic nitrogens is 3. The summed E-state index contributed by atoms with van der Waals surface area (Å²) in [7, 11) is 1.68. The molecule has 0 saturated heterocycles. The normalized spacial score (nSPS) is 10.8. The molecule has 0 amide bonds. The predicted octanol–water partition coefficient (Wildman–Crippen LogP) is 2.80. The zero-order valence-corrected chi connectivity index (χ0v) is 12.3. The van der Waals surface area contributed by atoms with Gasteiger partial charge in [-0.15, -0.1) is 21.5 Å².